The van der Waals surface area contributed by atoms with Crippen LogP contribution in [0.4, 0.5) is 5.82 Å². The van der Waals surface area contributed by atoms with Crippen molar-refractivity contribution in [3.8, 4) is 0 Å². The fourth-order valence-electron chi connectivity index (χ4n) is 2.11. The van der Waals surface area contributed by atoms with Gasteiger partial charge in [0.05, 0.1) is 5.69 Å². The number of nitrogens with one attached hydrogen (secondary N) is 2. The van der Waals surface area contributed by atoms with Gasteiger partial charge in [0.25, 0.3) is 0 Å². The molecule has 0 unspecified atom stereocenters. The molecule has 16 heavy (non-hydrogen) atoms. The van der Waals surface area contributed by atoms with E-state index in [1.54, 1.807) is 0 Å². The topological polar surface area (TPSA) is 49.8 Å². The maximum Gasteiger partial charge on any atom is 0.133 e. The molecule has 1 aromatic rings. The second-order valence-electron chi connectivity index (χ2n) is 4.61. The van der Waals surface area contributed by atoms with Gasteiger partial charge >= 0.3 is 0 Å². The number of anilines is 1. The van der Waals surface area contributed by atoms with Crippen LogP contribution in [0.2, 0.25) is 0 Å². The Morgan fingerprint density at radius 1 is 1.38 bits per heavy atom. The molecule has 3 rings (SSSR count). The lowest BCUT2D eigenvalue weighted by Gasteiger charge is -2.20. The Morgan fingerprint density at radius 2 is 2.25 bits per heavy atom. The molecule has 86 valence electrons. The normalized spacial score (nSPS) is 19.3. The van der Waals surface area contributed by atoms with Crippen molar-refractivity contribution in [3.05, 3.63) is 17.1 Å². The Hall–Kier alpha value is -1.16. The molecule has 4 nitrogen and oxygen atoms in total. The highest BCUT2D eigenvalue weighted by Crippen LogP contribution is 2.27. The van der Waals surface area contributed by atoms with Gasteiger partial charge in [0.1, 0.15) is 11.6 Å². The highest BCUT2D eigenvalue weighted by atomic mass is 15.1. The van der Waals surface area contributed by atoms with Gasteiger partial charge in [-0.15, -0.1) is 0 Å². The number of hydrogen-bond donors (Lipinski definition) is 2. The van der Waals surface area contributed by atoms with E-state index in [0.717, 1.165) is 37.6 Å². The molecule has 4 heteroatoms. The minimum Gasteiger partial charge on any atom is -0.367 e. The zero-order chi connectivity index (χ0) is 11.0. The fraction of sp³-hybridized carbons (Fsp3) is 0.667. The summed E-state index contributed by atoms with van der Waals surface area (Å²) in [5.74, 6) is 2.07. The molecule has 0 radical (unpaired) electrons. The number of rotatable bonds is 3. The number of hydrogen-bond acceptors (Lipinski definition) is 4. The molecule has 2 heterocycles. The Balaban J connectivity index is 1.97. The average Bonchev–Trinajstić information content (AvgIpc) is 3.13. The standard InChI is InChI=1S/C12H18N4/c1-2-11-15-10-7-13-6-5-9(10)12(16-11)14-8-3-4-8/h8,13H,2-7H2,1H3,(H,14,15,16). The van der Waals surface area contributed by atoms with Gasteiger partial charge in [-0.3, -0.25) is 0 Å². The van der Waals surface area contributed by atoms with Crippen LogP contribution in [0, 0.1) is 0 Å². The molecule has 1 aliphatic heterocycles. The molecule has 1 fully saturated rings. The van der Waals surface area contributed by atoms with Crippen molar-refractivity contribution >= 4 is 5.82 Å². The second kappa shape index (κ2) is 4.01. The van der Waals surface area contributed by atoms with E-state index < -0.39 is 0 Å². The lowest BCUT2D eigenvalue weighted by molar-refractivity contribution is 0.618. The summed E-state index contributed by atoms with van der Waals surface area (Å²) in [4.78, 5) is 9.24. The van der Waals surface area contributed by atoms with E-state index in [1.165, 1.54) is 24.1 Å². The van der Waals surface area contributed by atoms with Crippen molar-refractivity contribution in [2.24, 2.45) is 0 Å². The summed E-state index contributed by atoms with van der Waals surface area (Å²) >= 11 is 0. The molecule has 1 aromatic heterocycles. The van der Waals surface area contributed by atoms with Gasteiger partial charge in [-0.2, -0.15) is 0 Å². The van der Waals surface area contributed by atoms with Crippen LogP contribution in [0.3, 0.4) is 0 Å². The third-order valence-electron chi connectivity index (χ3n) is 3.22. The fourth-order valence-corrected chi connectivity index (χ4v) is 2.11. The maximum absolute atomic E-state index is 4.63. The van der Waals surface area contributed by atoms with Crippen molar-refractivity contribution in [1.82, 2.24) is 15.3 Å². The SMILES string of the molecule is CCc1nc2c(c(NC3CC3)n1)CCNC2. The van der Waals surface area contributed by atoms with Gasteiger partial charge in [-0.05, 0) is 25.8 Å². The Kier molecular flexibility index (Phi) is 2.52. The zero-order valence-corrected chi connectivity index (χ0v) is 9.71. The molecule has 0 aromatic carbocycles. The first-order valence-electron chi connectivity index (χ1n) is 6.22. The molecule has 1 aliphatic carbocycles. The number of nitrogens with zero attached hydrogens (tertiary/aromatic N) is 2. The predicted octanol–water partition coefficient (Wildman–Crippen LogP) is 1.26. The lowest BCUT2D eigenvalue weighted by Crippen LogP contribution is -2.27. The van der Waals surface area contributed by atoms with Crippen LogP contribution in [0.5, 0.6) is 0 Å². The monoisotopic (exact) mass is 218 g/mol. The van der Waals surface area contributed by atoms with Crippen LogP contribution in [-0.4, -0.2) is 22.6 Å². The lowest BCUT2D eigenvalue weighted by atomic mass is 10.1. The first-order valence-corrected chi connectivity index (χ1v) is 6.22. The largest absolute Gasteiger partial charge is 0.367 e. The van der Waals surface area contributed by atoms with Crippen LogP contribution in [0.25, 0.3) is 0 Å². The minimum absolute atomic E-state index is 0.665. The first-order chi connectivity index (χ1) is 7.86. The molecule has 1 saturated carbocycles. The van der Waals surface area contributed by atoms with E-state index in [2.05, 4.69) is 27.5 Å². The van der Waals surface area contributed by atoms with Gasteiger partial charge < -0.3 is 10.6 Å². The van der Waals surface area contributed by atoms with Crippen molar-refractivity contribution in [1.29, 1.82) is 0 Å². The third-order valence-corrected chi connectivity index (χ3v) is 3.22. The van der Waals surface area contributed by atoms with Crippen molar-refractivity contribution in [2.45, 2.75) is 45.2 Å². The summed E-state index contributed by atoms with van der Waals surface area (Å²) in [5, 5.41) is 6.91. The van der Waals surface area contributed by atoms with Crippen molar-refractivity contribution in [3.63, 3.8) is 0 Å². The molecule has 2 aliphatic rings. The Labute approximate surface area is 95.9 Å². The highest BCUT2D eigenvalue weighted by Gasteiger charge is 2.24. The number of aromatic nitrogens is 2. The van der Waals surface area contributed by atoms with Crippen LogP contribution < -0.4 is 10.6 Å². The average molecular weight is 218 g/mol. The Morgan fingerprint density at radius 3 is 3.00 bits per heavy atom. The summed E-state index contributed by atoms with van der Waals surface area (Å²) in [6, 6.07) is 0.665. The molecular weight excluding hydrogens is 200 g/mol. The number of aryl methyl sites for hydroxylation is 1. The summed E-state index contributed by atoms with van der Waals surface area (Å²) in [7, 11) is 0. The van der Waals surface area contributed by atoms with E-state index in [0.29, 0.717) is 6.04 Å². The van der Waals surface area contributed by atoms with Crippen LogP contribution in [0.1, 0.15) is 36.8 Å². The minimum atomic E-state index is 0.665. The summed E-state index contributed by atoms with van der Waals surface area (Å²) in [5.41, 5.74) is 2.53. The van der Waals surface area contributed by atoms with Crippen LogP contribution >= 0.6 is 0 Å². The molecule has 2 N–H and O–H groups in total. The smallest absolute Gasteiger partial charge is 0.133 e. The highest BCUT2D eigenvalue weighted by molar-refractivity contribution is 5.49. The molecular formula is C12H18N4. The van der Waals surface area contributed by atoms with Gasteiger partial charge in [0.15, 0.2) is 0 Å². The number of fused-ring (bicyclic) bond motifs is 1. The molecule has 0 atom stereocenters. The molecule has 0 saturated heterocycles. The summed E-state index contributed by atoms with van der Waals surface area (Å²) in [6.07, 6.45) is 4.54. The van der Waals surface area contributed by atoms with Gasteiger partial charge in [0, 0.05) is 24.6 Å². The van der Waals surface area contributed by atoms with Crippen molar-refractivity contribution < 1.29 is 0 Å². The van der Waals surface area contributed by atoms with E-state index in [-0.39, 0.29) is 0 Å². The summed E-state index contributed by atoms with van der Waals surface area (Å²) in [6.45, 7) is 4.05. The van der Waals surface area contributed by atoms with Crippen LogP contribution in [-0.2, 0) is 19.4 Å². The van der Waals surface area contributed by atoms with E-state index in [9.17, 15) is 0 Å². The third kappa shape index (κ3) is 1.89. The van der Waals surface area contributed by atoms with E-state index >= 15 is 0 Å². The van der Waals surface area contributed by atoms with Crippen LogP contribution in [0.15, 0.2) is 0 Å². The summed E-state index contributed by atoms with van der Waals surface area (Å²) < 4.78 is 0. The zero-order valence-electron chi connectivity index (χ0n) is 9.71. The Bertz CT molecular complexity index is 398. The van der Waals surface area contributed by atoms with Gasteiger partial charge in [-0.1, -0.05) is 6.92 Å². The second-order valence-corrected chi connectivity index (χ2v) is 4.61. The first kappa shape index (κ1) is 10.0. The predicted molar refractivity (Wildman–Crippen MR) is 63.5 cm³/mol. The van der Waals surface area contributed by atoms with E-state index in [4.69, 9.17) is 0 Å². The molecule has 0 bridgehead atoms. The van der Waals surface area contributed by atoms with Gasteiger partial charge in [-0.25, -0.2) is 9.97 Å². The van der Waals surface area contributed by atoms with Crippen molar-refractivity contribution in [2.75, 3.05) is 11.9 Å². The molecule has 0 spiro atoms. The van der Waals surface area contributed by atoms with E-state index in [1.807, 2.05) is 0 Å². The van der Waals surface area contributed by atoms with Gasteiger partial charge in [0.2, 0.25) is 0 Å². The molecule has 0 amide bonds. The quantitative estimate of drug-likeness (QED) is 0.802. The maximum atomic E-state index is 4.63.